The maximum Gasteiger partial charge on any atom is 0.258 e. The average Bonchev–Trinajstić information content (AvgIpc) is 2.70. The minimum Gasteiger partial charge on any atom is -0.336 e. The third-order valence-corrected chi connectivity index (χ3v) is 4.78. The number of amides is 1. The summed E-state index contributed by atoms with van der Waals surface area (Å²) in [4.78, 5) is 23.1. The Morgan fingerprint density at radius 2 is 1.85 bits per heavy atom. The molecule has 1 aromatic heterocycles. The van der Waals surface area contributed by atoms with Crippen LogP contribution in [0.25, 0.3) is 0 Å². The number of carbonyl (C=O) groups is 1. The van der Waals surface area contributed by atoms with Gasteiger partial charge in [0.15, 0.2) is 0 Å². The molecular weight excluding hydrogens is 367 g/mol. The Morgan fingerprint density at radius 3 is 2.59 bits per heavy atom. The molecule has 2 aromatic carbocycles. The Hall–Kier alpha value is -2.99. The van der Waals surface area contributed by atoms with Gasteiger partial charge in [0.05, 0.1) is 10.6 Å². The van der Waals surface area contributed by atoms with Crippen molar-refractivity contribution in [3.8, 4) is 0 Å². The summed E-state index contributed by atoms with van der Waals surface area (Å²) in [6.45, 7) is 1.58. The average molecular weight is 383 g/mol. The molecule has 0 saturated heterocycles. The van der Waals surface area contributed by atoms with Crippen molar-refractivity contribution >= 4 is 29.1 Å². The summed E-state index contributed by atoms with van der Waals surface area (Å²) >= 11 is 5.73. The van der Waals surface area contributed by atoms with Crippen molar-refractivity contribution < 1.29 is 9.18 Å². The number of aromatic nitrogens is 2. The zero-order chi connectivity index (χ0) is 18.8. The molecule has 27 heavy (non-hydrogen) atoms. The van der Waals surface area contributed by atoms with E-state index in [9.17, 15) is 9.18 Å². The van der Waals surface area contributed by atoms with Crippen molar-refractivity contribution in [1.82, 2.24) is 9.97 Å². The van der Waals surface area contributed by atoms with Gasteiger partial charge in [0, 0.05) is 31.2 Å². The second-order valence-corrected chi connectivity index (χ2v) is 6.70. The molecule has 0 spiro atoms. The standard InChI is InChI=1S/C20H16ClFN4O/c21-17-9-16(5-6-18(17)22)25-19(27)15-10-23-20(24-11-15)26-8-7-13-3-1-2-4-14(13)12-26/h1-6,9-11H,7-8,12H2,(H,25,27). The van der Waals surface area contributed by atoms with Crippen molar-refractivity contribution in [2.75, 3.05) is 16.8 Å². The van der Waals surface area contributed by atoms with Crippen LogP contribution in [-0.4, -0.2) is 22.4 Å². The van der Waals surface area contributed by atoms with E-state index in [4.69, 9.17) is 11.6 Å². The molecule has 0 unspecified atom stereocenters. The molecule has 1 aliphatic rings. The zero-order valence-corrected chi connectivity index (χ0v) is 15.1. The van der Waals surface area contributed by atoms with E-state index in [-0.39, 0.29) is 10.9 Å². The third kappa shape index (κ3) is 3.75. The van der Waals surface area contributed by atoms with Crippen molar-refractivity contribution in [3.05, 3.63) is 82.4 Å². The Kier molecular flexibility index (Phi) is 4.73. The van der Waals surface area contributed by atoms with Gasteiger partial charge >= 0.3 is 0 Å². The fraction of sp³-hybridized carbons (Fsp3) is 0.150. The number of benzene rings is 2. The smallest absolute Gasteiger partial charge is 0.258 e. The first-order chi connectivity index (χ1) is 13.1. The summed E-state index contributed by atoms with van der Waals surface area (Å²) < 4.78 is 13.2. The van der Waals surface area contributed by atoms with Crippen molar-refractivity contribution in [2.24, 2.45) is 0 Å². The number of fused-ring (bicyclic) bond motifs is 1. The van der Waals surface area contributed by atoms with Crippen LogP contribution in [0, 0.1) is 5.82 Å². The lowest BCUT2D eigenvalue weighted by Crippen LogP contribution is -2.31. The molecular formula is C20H16ClFN4O. The molecule has 5 nitrogen and oxygen atoms in total. The molecule has 4 rings (SSSR count). The lowest BCUT2D eigenvalue weighted by atomic mass is 10.0. The topological polar surface area (TPSA) is 58.1 Å². The van der Waals surface area contributed by atoms with Gasteiger partial charge in [-0.15, -0.1) is 0 Å². The quantitative estimate of drug-likeness (QED) is 0.741. The van der Waals surface area contributed by atoms with Crippen LogP contribution in [0.4, 0.5) is 16.0 Å². The molecule has 1 aliphatic heterocycles. The molecule has 2 heterocycles. The fourth-order valence-electron chi connectivity index (χ4n) is 3.05. The minimum absolute atomic E-state index is 0.0511. The van der Waals surface area contributed by atoms with Crippen LogP contribution < -0.4 is 10.2 Å². The van der Waals surface area contributed by atoms with Gasteiger partial charge in [-0.3, -0.25) is 4.79 Å². The lowest BCUT2D eigenvalue weighted by Gasteiger charge is -2.28. The molecule has 136 valence electrons. The number of anilines is 2. The van der Waals surface area contributed by atoms with E-state index in [1.165, 1.54) is 41.7 Å². The van der Waals surface area contributed by atoms with E-state index in [2.05, 4.69) is 32.3 Å². The highest BCUT2D eigenvalue weighted by atomic mass is 35.5. The van der Waals surface area contributed by atoms with Gasteiger partial charge in [-0.2, -0.15) is 0 Å². The predicted octanol–water partition coefficient (Wildman–Crippen LogP) is 4.08. The molecule has 0 aliphatic carbocycles. The van der Waals surface area contributed by atoms with Crippen LogP contribution in [0.15, 0.2) is 54.9 Å². The minimum atomic E-state index is -0.537. The van der Waals surface area contributed by atoms with Gasteiger partial charge in [0.1, 0.15) is 5.82 Å². The molecule has 0 fully saturated rings. The Morgan fingerprint density at radius 1 is 1.11 bits per heavy atom. The first kappa shape index (κ1) is 17.4. The van der Waals surface area contributed by atoms with Gasteiger partial charge in [-0.25, -0.2) is 14.4 Å². The summed E-state index contributed by atoms with van der Waals surface area (Å²) in [6.07, 6.45) is 3.92. The third-order valence-electron chi connectivity index (χ3n) is 4.49. The van der Waals surface area contributed by atoms with Gasteiger partial charge < -0.3 is 10.2 Å². The number of halogens is 2. The second-order valence-electron chi connectivity index (χ2n) is 6.30. The maximum atomic E-state index is 13.2. The summed E-state index contributed by atoms with van der Waals surface area (Å²) in [5.74, 6) is -0.329. The van der Waals surface area contributed by atoms with E-state index >= 15 is 0 Å². The highest BCUT2D eigenvalue weighted by Crippen LogP contribution is 2.22. The maximum absolute atomic E-state index is 13.2. The van der Waals surface area contributed by atoms with Crippen LogP contribution in [0.3, 0.4) is 0 Å². The van der Waals surface area contributed by atoms with E-state index < -0.39 is 5.82 Å². The number of carbonyl (C=O) groups excluding carboxylic acids is 1. The normalized spacial score (nSPS) is 13.2. The molecule has 0 radical (unpaired) electrons. The van der Waals surface area contributed by atoms with Gasteiger partial charge in [-0.1, -0.05) is 35.9 Å². The SMILES string of the molecule is O=C(Nc1ccc(F)c(Cl)c1)c1cnc(N2CCc3ccccc3C2)nc1. The monoisotopic (exact) mass is 382 g/mol. The van der Waals surface area contributed by atoms with Crippen molar-refractivity contribution in [3.63, 3.8) is 0 Å². The zero-order valence-electron chi connectivity index (χ0n) is 14.3. The lowest BCUT2D eigenvalue weighted by molar-refractivity contribution is 0.102. The molecule has 3 aromatic rings. The summed E-state index contributed by atoms with van der Waals surface area (Å²) in [6, 6.07) is 12.3. The van der Waals surface area contributed by atoms with Gasteiger partial charge in [0.25, 0.3) is 5.91 Å². The molecule has 1 amide bonds. The molecule has 1 N–H and O–H groups in total. The number of nitrogens with one attached hydrogen (secondary N) is 1. The fourth-order valence-corrected chi connectivity index (χ4v) is 3.23. The number of nitrogens with zero attached hydrogens (tertiary/aromatic N) is 3. The van der Waals surface area contributed by atoms with Crippen LogP contribution in [-0.2, 0) is 13.0 Å². The predicted molar refractivity (Wildman–Crippen MR) is 103 cm³/mol. The van der Waals surface area contributed by atoms with Crippen molar-refractivity contribution in [2.45, 2.75) is 13.0 Å². The molecule has 7 heteroatoms. The van der Waals surface area contributed by atoms with Gasteiger partial charge in [0.2, 0.25) is 5.95 Å². The summed E-state index contributed by atoms with van der Waals surface area (Å²) in [5, 5.41) is 2.60. The van der Waals surface area contributed by atoms with E-state index in [0.29, 0.717) is 17.2 Å². The highest BCUT2D eigenvalue weighted by molar-refractivity contribution is 6.31. The van der Waals surface area contributed by atoms with E-state index in [1.54, 1.807) is 0 Å². The van der Waals surface area contributed by atoms with Gasteiger partial charge in [-0.05, 0) is 35.7 Å². The second kappa shape index (κ2) is 7.32. The Balaban J connectivity index is 1.46. The molecule has 0 saturated carbocycles. The summed E-state index contributed by atoms with van der Waals surface area (Å²) in [5.41, 5.74) is 3.34. The van der Waals surface area contributed by atoms with Crippen molar-refractivity contribution in [1.29, 1.82) is 0 Å². The number of hydrogen-bond donors (Lipinski definition) is 1. The first-order valence-corrected chi connectivity index (χ1v) is 8.88. The van der Waals surface area contributed by atoms with Crippen LogP contribution >= 0.6 is 11.6 Å². The van der Waals surface area contributed by atoms with Crippen LogP contribution in [0.2, 0.25) is 5.02 Å². The largest absolute Gasteiger partial charge is 0.336 e. The van der Waals surface area contributed by atoms with Crippen LogP contribution in [0.5, 0.6) is 0 Å². The molecule has 0 atom stereocenters. The summed E-state index contributed by atoms with van der Waals surface area (Å²) in [7, 11) is 0. The Labute approximate surface area is 160 Å². The molecule has 0 bridgehead atoms. The van der Waals surface area contributed by atoms with Crippen LogP contribution in [0.1, 0.15) is 21.5 Å². The highest BCUT2D eigenvalue weighted by Gasteiger charge is 2.18. The van der Waals surface area contributed by atoms with E-state index in [0.717, 1.165) is 19.5 Å². The number of hydrogen-bond acceptors (Lipinski definition) is 4. The Bertz CT molecular complexity index is 994. The number of rotatable bonds is 3. The van der Waals surface area contributed by atoms with E-state index in [1.807, 2.05) is 12.1 Å². The first-order valence-electron chi connectivity index (χ1n) is 8.50.